The Morgan fingerprint density at radius 1 is 0.900 bits per heavy atom. The van der Waals surface area contributed by atoms with Crippen LogP contribution in [0.4, 0.5) is 10.2 Å². The number of hydrogen-bond acceptors (Lipinski definition) is 3. The quantitative estimate of drug-likeness (QED) is 0.488. The number of halogens is 1. The molecule has 0 spiro atoms. The van der Waals surface area contributed by atoms with Crippen LogP contribution in [0, 0.1) is 12.7 Å². The molecular weight excluding hydrogens is 377 g/mol. The predicted octanol–water partition coefficient (Wildman–Crippen LogP) is 5.44. The Morgan fingerprint density at radius 2 is 1.60 bits per heavy atom. The number of rotatable bonds is 5. The molecule has 4 rings (SSSR count). The van der Waals surface area contributed by atoms with E-state index in [1.54, 1.807) is 18.3 Å². The highest BCUT2D eigenvalue weighted by molar-refractivity contribution is 5.94. The highest BCUT2D eigenvalue weighted by atomic mass is 19.1. The van der Waals surface area contributed by atoms with E-state index in [4.69, 9.17) is 4.98 Å². The maximum atomic E-state index is 13.3. The fourth-order valence-corrected chi connectivity index (χ4v) is 3.11. The van der Waals surface area contributed by atoms with Crippen LogP contribution in [0.3, 0.4) is 0 Å². The minimum absolute atomic E-state index is 0.167. The molecule has 0 saturated carbocycles. The SMILES string of the molecule is Cc1ccc(CC(=O)Nc2ncc(-c3ccc(F)cc3)nc2-c2ccccc2)cc1. The van der Waals surface area contributed by atoms with Crippen molar-refractivity contribution in [3.05, 3.63) is 102 Å². The van der Waals surface area contributed by atoms with E-state index in [1.807, 2.05) is 61.5 Å². The van der Waals surface area contributed by atoms with Gasteiger partial charge in [-0.1, -0.05) is 60.2 Å². The van der Waals surface area contributed by atoms with E-state index >= 15 is 0 Å². The van der Waals surface area contributed by atoms with E-state index in [-0.39, 0.29) is 18.1 Å². The molecule has 0 aliphatic heterocycles. The molecule has 0 radical (unpaired) electrons. The lowest BCUT2D eigenvalue weighted by molar-refractivity contribution is -0.115. The third-order valence-corrected chi connectivity index (χ3v) is 4.70. The van der Waals surface area contributed by atoms with Gasteiger partial charge in [0.1, 0.15) is 11.5 Å². The second-order valence-corrected chi connectivity index (χ2v) is 7.04. The zero-order valence-corrected chi connectivity index (χ0v) is 16.5. The molecule has 0 bridgehead atoms. The van der Waals surface area contributed by atoms with Crippen molar-refractivity contribution in [1.82, 2.24) is 9.97 Å². The first-order chi connectivity index (χ1) is 14.6. The fraction of sp³-hybridized carbons (Fsp3) is 0.0800. The summed E-state index contributed by atoms with van der Waals surface area (Å²) in [5.41, 5.74) is 4.82. The van der Waals surface area contributed by atoms with Crippen LogP contribution in [0.2, 0.25) is 0 Å². The molecule has 148 valence electrons. The number of benzene rings is 3. The first kappa shape index (κ1) is 19.5. The second-order valence-electron chi connectivity index (χ2n) is 7.04. The van der Waals surface area contributed by atoms with Gasteiger partial charge >= 0.3 is 0 Å². The van der Waals surface area contributed by atoms with Crippen molar-refractivity contribution >= 4 is 11.7 Å². The predicted molar refractivity (Wildman–Crippen MR) is 116 cm³/mol. The molecule has 5 heteroatoms. The molecule has 0 unspecified atom stereocenters. The number of amides is 1. The van der Waals surface area contributed by atoms with Gasteiger partial charge in [0.2, 0.25) is 5.91 Å². The Kier molecular flexibility index (Phi) is 5.61. The summed E-state index contributed by atoms with van der Waals surface area (Å²) in [4.78, 5) is 21.8. The van der Waals surface area contributed by atoms with Gasteiger partial charge in [-0.25, -0.2) is 14.4 Å². The van der Waals surface area contributed by atoms with Gasteiger partial charge in [-0.3, -0.25) is 4.79 Å². The Bertz CT molecular complexity index is 1160. The molecule has 1 amide bonds. The van der Waals surface area contributed by atoms with Crippen LogP contribution >= 0.6 is 0 Å². The highest BCUT2D eigenvalue weighted by Crippen LogP contribution is 2.27. The van der Waals surface area contributed by atoms with Crippen LogP contribution in [0.5, 0.6) is 0 Å². The summed E-state index contributed by atoms with van der Waals surface area (Å²) in [5.74, 6) is -0.0842. The molecular formula is C25H20FN3O. The normalized spacial score (nSPS) is 10.6. The van der Waals surface area contributed by atoms with Crippen LogP contribution in [0.1, 0.15) is 11.1 Å². The fourth-order valence-electron chi connectivity index (χ4n) is 3.11. The molecule has 0 fully saturated rings. The number of aromatic nitrogens is 2. The molecule has 0 saturated heterocycles. The van der Waals surface area contributed by atoms with Crippen molar-refractivity contribution in [2.45, 2.75) is 13.3 Å². The van der Waals surface area contributed by atoms with Gasteiger partial charge in [0, 0.05) is 11.1 Å². The van der Waals surface area contributed by atoms with Gasteiger partial charge in [0.25, 0.3) is 0 Å². The smallest absolute Gasteiger partial charge is 0.230 e. The molecule has 3 aromatic carbocycles. The van der Waals surface area contributed by atoms with Crippen molar-refractivity contribution < 1.29 is 9.18 Å². The lowest BCUT2D eigenvalue weighted by Gasteiger charge is -2.12. The molecule has 1 aromatic heterocycles. The largest absolute Gasteiger partial charge is 0.309 e. The van der Waals surface area contributed by atoms with Crippen LogP contribution in [0.25, 0.3) is 22.5 Å². The average Bonchev–Trinajstić information content (AvgIpc) is 2.77. The number of nitrogens with zero attached hydrogens (tertiary/aromatic N) is 2. The minimum Gasteiger partial charge on any atom is -0.309 e. The van der Waals surface area contributed by atoms with Gasteiger partial charge in [-0.2, -0.15) is 0 Å². The van der Waals surface area contributed by atoms with Crippen LogP contribution in [-0.2, 0) is 11.2 Å². The number of anilines is 1. The third-order valence-electron chi connectivity index (χ3n) is 4.70. The van der Waals surface area contributed by atoms with Crippen molar-refractivity contribution in [2.75, 3.05) is 5.32 Å². The van der Waals surface area contributed by atoms with E-state index in [0.717, 1.165) is 22.3 Å². The number of carbonyl (C=O) groups is 1. The summed E-state index contributed by atoms with van der Waals surface area (Å²) in [7, 11) is 0. The third kappa shape index (κ3) is 4.58. The molecule has 4 nitrogen and oxygen atoms in total. The Balaban J connectivity index is 1.65. The van der Waals surface area contributed by atoms with Gasteiger partial charge in [0.05, 0.1) is 18.3 Å². The Labute approximate surface area is 174 Å². The lowest BCUT2D eigenvalue weighted by Crippen LogP contribution is -2.16. The topological polar surface area (TPSA) is 54.9 Å². The monoisotopic (exact) mass is 397 g/mol. The summed E-state index contributed by atoms with van der Waals surface area (Å²) >= 11 is 0. The summed E-state index contributed by atoms with van der Waals surface area (Å²) in [6, 6.07) is 23.5. The van der Waals surface area contributed by atoms with E-state index < -0.39 is 0 Å². The van der Waals surface area contributed by atoms with Crippen molar-refractivity contribution in [3.63, 3.8) is 0 Å². The second kappa shape index (κ2) is 8.66. The number of hydrogen-bond donors (Lipinski definition) is 1. The van der Waals surface area contributed by atoms with E-state index in [0.29, 0.717) is 17.2 Å². The van der Waals surface area contributed by atoms with E-state index in [2.05, 4.69) is 10.3 Å². The zero-order valence-electron chi connectivity index (χ0n) is 16.5. The standard InChI is InChI=1S/C25H20FN3O/c1-17-7-9-18(10-8-17)15-23(30)29-25-24(20-5-3-2-4-6-20)28-22(16-27-25)19-11-13-21(26)14-12-19/h2-14,16H,15H2,1H3,(H,27,29,30). The molecule has 1 heterocycles. The van der Waals surface area contributed by atoms with Crippen LogP contribution < -0.4 is 5.32 Å². The summed E-state index contributed by atoms with van der Waals surface area (Å²) in [6.45, 7) is 2.01. The lowest BCUT2D eigenvalue weighted by atomic mass is 10.1. The van der Waals surface area contributed by atoms with Crippen molar-refractivity contribution in [1.29, 1.82) is 0 Å². The summed E-state index contributed by atoms with van der Waals surface area (Å²) in [5, 5.41) is 2.89. The number of nitrogens with one attached hydrogen (secondary N) is 1. The minimum atomic E-state index is -0.310. The summed E-state index contributed by atoms with van der Waals surface area (Å²) < 4.78 is 13.3. The first-order valence-corrected chi connectivity index (χ1v) is 9.62. The van der Waals surface area contributed by atoms with Gasteiger partial charge in [0.15, 0.2) is 5.82 Å². The molecule has 0 aliphatic rings. The highest BCUT2D eigenvalue weighted by Gasteiger charge is 2.14. The molecule has 30 heavy (non-hydrogen) atoms. The van der Waals surface area contributed by atoms with Crippen LogP contribution in [0.15, 0.2) is 85.1 Å². The Morgan fingerprint density at radius 3 is 2.30 bits per heavy atom. The van der Waals surface area contributed by atoms with Gasteiger partial charge in [-0.05, 0) is 36.8 Å². The number of carbonyl (C=O) groups excluding carboxylic acids is 1. The molecule has 0 aliphatic carbocycles. The van der Waals surface area contributed by atoms with Crippen molar-refractivity contribution in [3.8, 4) is 22.5 Å². The van der Waals surface area contributed by atoms with E-state index in [1.165, 1.54) is 12.1 Å². The van der Waals surface area contributed by atoms with E-state index in [9.17, 15) is 9.18 Å². The average molecular weight is 397 g/mol. The Hall–Kier alpha value is -3.86. The van der Waals surface area contributed by atoms with Gasteiger partial charge < -0.3 is 5.32 Å². The first-order valence-electron chi connectivity index (χ1n) is 9.62. The molecule has 4 aromatic rings. The maximum absolute atomic E-state index is 13.3. The zero-order chi connectivity index (χ0) is 20.9. The van der Waals surface area contributed by atoms with Crippen LogP contribution in [-0.4, -0.2) is 15.9 Å². The molecule has 1 N–H and O–H groups in total. The van der Waals surface area contributed by atoms with Gasteiger partial charge in [-0.15, -0.1) is 0 Å². The molecule has 0 atom stereocenters. The maximum Gasteiger partial charge on any atom is 0.230 e. The summed E-state index contributed by atoms with van der Waals surface area (Å²) in [6.07, 6.45) is 1.83. The van der Waals surface area contributed by atoms with Crippen molar-refractivity contribution in [2.24, 2.45) is 0 Å². The number of aryl methyl sites for hydroxylation is 1.